The zero-order valence-corrected chi connectivity index (χ0v) is 11.6. The summed E-state index contributed by atoms with van der Waals surface area (Å²) < 4.78 is 0. The summed E-state index contributed by atoms with van der Waals surface area (Å²) in [7, 11) is 0. The maximum atomic E-state index is 10.9. The Bertz CT molecular complexity index is 808. The molecule has 2 aromatic carbocycles. The van der Waals surface area contributed by atoms with E-state index in [9.17, 15) is 5.11 Å². The van der Waals surface area contributed by atoms with Gasteiger partial charge in [-0.1, -0.05) is 36.4 Å². The highest BCUT2D eigenvalue weighted by Crippen LogP contribution is 2.35. The van der Waals surface area contributed by atoms with Crippen molar-refractivity contribution in [2.75, 3.05) is 11.9 Å². The fraction of sp³-hybridized carbons (Fsp3) is 0.167. The van der Waals surface area contributed by atoms with Crippen molar-refractivity contribution < 1.29 is 5.11 Å². The third-order valence-electron chi connectivity index (χ3n) is 4.15. The number of pyridine rings is 1. The van der Waals surface area contributed by atoms with Gasteiger partial charge in [0.1, 0.15) is 6.10 Å². The highest BCUT2D eigenvalue weighted by molar-refractivity contribution is 5.83. The largest absolute Gasteiger partial charge is 0.384 e. The molecule has 2 N–H and O–H groups in total. The molecule has 1 aliphatic rings. The third kappa shape index (κ3) is 1.98. The van der Waals surface area contributed by atoms with Gasteiger partial charge in [0.25, 0.3) is 0 Å². The predicted molar refractivity (Wildman–Crippen MR) is 84.4 cm³/mol. The average Bonchev–Trinajstić information content (AvgIpc) is 3.02. The Morgan fingerprint density at radius 2 is 1.86 bits per heavy atom. The lowest BCUT2D eigenvalue weighted by atomic mass is 9.95. The fourth-order valence-electron chi connectivity index (χ4n) is 3.13. The normalized spacial score (nSPS) is 14.7. The molecule has 0 spiro atoms. The monoisotopic (exact) mass is 276 g/mol. The Balaban J connectivity index is 1.88. The number of fused-ring (bicyclic) bond motifs is 2. The smallest absolute Gasteiger partial charge is 0.107 e. The van der Waals surface area contributed by atoms with Crippen LogP contribution >= 0.6 is 0 Å². The van der Waals surface area contributed by atoms with E-state index >= 15 is 0 Å². The van der Waals surface area contributed by atoms with Crippen LogP contribution in [0.3, 0.4) is 0 Å². The van der Waals surface area contributed by atoms with Crippen molar-refractivity contribution in [1.29, 1.82) is 0 Å². The first-order valence-corrected chi connectivity index (χ1v) is 7.22. The highest BCUT2D eigenvalue weighted by atomic mass is 16.3. The maximum absolute atomic E-state index is 10.9. The summed E-state index contributed by atoms with van der Waals surface area (Å²) in [5, 5.41) is 15.3. The number of aliphatic hydroxyl groups excluding tert-OH is 1. The summed E-state index contributed by atoms with van der Waals surface area (Å²) in [6.07, 6.45) is 2.16. The van der Waals surface area contributed by atoms with Crippen LogP contribution in [0.1, 0.15) is 22.8 Å². The van der Waals surface area contributed by atoms with Crippen molar-refractivity contribution in [3.8, 4) is 0 Å². The quantitative estimate of drug-likeness (QED) is 0.755. The van der Waals surface area contributed by atoms with Gasteiger partial charge >= 0.3 is 0 Å². The van der Waals surface area contributed by atoms with Crippen molar-refractivity contribution in [2.24, 2.45) is 0 Å². The van der Waals surface area contributed by atoms with E-state index in [-0.39, 0.29) is 0 Å². The van der Waals surface area contributed by atoms with Gasteiger partial charge in [-0.2, -0.15) is 0 Å². The van der Waals surface area contributed by atoms with Crippen LogP contribution in [0.4, 0.5) is 5.69 Å². The summed E-state index contributed by atoms with van der Waals surface area (Å²) in [6, 6.07) is 16.0. The second-order valence-electron chi connectivity index (χ2n) is 5.38. The van der Waals surface area contributed by atoms with E-state index in [2.05, 4.69) is 16.4 Å². The molecule has 1 unspecified atom stereocenters. The van der Waals surface area contributed by atoms with Gasteiger partial charge < -0.3 is 10.4 Å². The summed E-state index contributed by atoms with van der Waals surface area (Å²) in [5.41, 5.74) is 5.13. The molecule has 3 aromatic rings. The Morgan fingerprint density at radius 1 is 1.00 bits per heavy atom. The van der Waals surface area contributed by atoms with Gasteiger partial charge in [-0.3, -0.25) is 4.98 Å². The number of nitrogens with one attached hydrogen (secondary N) is 1. The molecule has 3 heteroatoms. The van der Waals surface area contributed by atoms with Gasteiger partial charge in [-0.15, -0.1) is 0 Å². The van der Waals surface area contributed by atoms with Crippen LogP contribution < -0.4 is 5.32 Å². The van der Waals surface area contributed by atoms with Crippen LogP contribution in [0.25, 0.3) is 10.9 Å². The molecule has 4 rings (SSSR count). The van der Waals surface area contributed by atoms with Crippen molar-refractivity contribution >= 4 is 16.6 Å². The number of para-hydroxylation sites is 1. The predicted octanol–water partition coefficient (Wildman–Crippen LogP) is 3.28. The zero-order chi connectivity index (χ0) is 14.2. The van der Waals surface area contributed by atoms with Crippen molar-refractivity contribution in [2.45, 2.75) is 12.5 Å². The van der Waals surface area contributed by atoms with Crippen molar-refractivity contribution in [3.63, 3.8) is 0 Å². The molecule has 2 heterocycles. The summed E-state index contributed by atoms with van der Waals surface area (Å²) in [4.78, 5) is 4.36. The Morgan fingerprint density at radius 3 is 2.81 bits per heavy atom. The van der Waals surface area contributed by atoms with E-state index in [1.165, 1.54) is 5.56 Å². The minimum absolute atomic E-state index is 0.640. The number of rotatable bonds is 2. The lowest BCUT2D eigenvalue weighted by Crippen LogP contribution is -2.04. The average molecular weight is 276 g/mol. The Kier molecular flexibility index (Phi) is 2.86. The van der Waals surface area contributed by atoms with Crippen LogP contribution in [0.15, 0.2) is 54.7 Å². The maximum Gasteiger partial charge on any atom is 0.107 e. The molecule has 0 amide bonds. The third-order valence-corrected chi connectivity index (χ3v) is 4.15. The number of nitrogens with zero attached hydrogens (tertiary/aromatic N) is 1. The molecule has 0 bridgehead atoms. The van der Waals surface area contributed by atoms with Crippen molar-refractivity contribution in [1.82, 2.24) is 4.98 Å². The van der Waals surface area contributed by atoms with Crippen LogP contribution in [0, 0.1) is 0 Å². The molecule has 1 aliphatic heterocycles. The zero-order valence-electron chi connectivity index (χ0n) is 11.6. The summed E-state index contributed by atoms with van der Waals surface area (Å²) in [6.45, 7) is 0.941. The van der Waals surface area contributed by atoms with E-state index in [1.807, 2.05) is 42.5 Å². The van der Waals surface area contributed by atoms with E-state index in [0.29, 0.717) is 0 Å². The first kappa shape index (κ1) is 12.4. The highest BCUT2D eigenvalue weighted by Gasteiger charge is 2.21. The molecule has 104 valence electrons. The minimum atomic E-state index is -0.640. The number of hydrogen-bond donors (Lipinski definition) is 2. The lowest BCUT2D eigenvalue weighted by Gasteiger charge is -2.17. The van der Waals surface area contributed by atoms with Crippen LogP contribution in [0.5, 0.6) is 0 Å². The molecule has 0 aliphatic carbocycles. The molecule has 0 radical (unpaired) electrons. The molecule has 0 fully saturated rings. The van der Waals surface area contributed by atoms with Crippen molar-refractivity contribution in [3.05, 3.63) is 71.4 Å². The molecule has 0 saturated heterocycles. The number of hydrogen-bond acceptors (Lipinski definition) is 3. The molecule has 1 atom stereocenters. The number of anilines is 1. The molecular weight excluding hydrogens is 260 g/mol. The summed E-state index contributed by atoms with van der Waals surface area (Å²) in [5.74, 6) is 0. The van der Waals surface area contributed by atoms with Gasteiger partial charge in [0.15, 0.2) is 0 Å². The number of aliphatic hydroxyl groups is 1. The van der Waals surface area contributed by atoms with E-state index in [4.69, 9.17) is 0 Å². The van der Waals surface area contributed by atoms with Crippen LogP contribution in [0.2, 0.25) is 0 Å². The van der Waals surface area contributed by atoms with Gasteiger partial charge in [0.05, 0.1) is 5.52 Å². The fourth-order valence-corrected chi connectivity index (χ4v) is 3.13. The van der Waals surface area contributed by atoms with Crippen LogP contribution in [-0.2, 0) is 6.42 Å². The second-order valence-corrected chi connectivity index (χ2v) is 5.38. The second kappa shape index (κ2) is 4.86. The molecular formula is C18H16N2O. The van der Waals surface area contributed by atoms with Crippen LogP contribution in [-0.4, -0.2) is 16.6 Å². The van der Waals surface area contributed by atoms with Gasteiger partial charge in [-0.05, 0) is 29.7 Å². The Hall–Kier alpha value is -2.39. The lowest BCUT2D eigenvalue weighted by molar-refractivity contribution is 0.222. The standard InChI is InChI=1S/C18H16N2O/c21-18(15-6-1-4-12-9-11-20-17(12)15)14-5-2-8-16-13(14)7-3-10-19-16/h1-8,10,18,20-21H,9,11H2. The number of aromatic nitrogens is 1. The van der Waals surface area contributed by atoms with Gasteiger partial charge in [0.2, 0.25) is 0 Å². The first-order chi connectivity index (χ1) is 10.3. The van der Waals surface area contributed by atoms with E-state index < -0.39 is 6.10 Å². The topological polar surface area (TPSA) is 45.1 Å². The first-order valence-electron chi connectivity index (χ1n) is 7.22. The molecule has 3 nitrogen and oxygen atoms in total. The van der Waals surface area contributed by atoms with E-state index in [0.717, 1.165) is 40.7 Å². The SMILES string of the molecule is OC(c1cccc2c1NCC2)c1cccc2ncccc12. The molecule has 1 aromatic heterocycles. The summed E-state index contributed by atoms with van der Waals surface area (Å²) >= 11 is 0. The minimum Gasteiger partial charge on any atom is -0.384 e. The van der Waals surface area contributed by atoms with Gasteiger partial charge in [-0.25, -0.2) is 0 Å². The Labute approximate surface area is 123 Å². The molecule has 21 heavy (non-hydrogen) atoms. The molecule has 0 saturated carbocycles. The van der Waals surface area contributed by atoms with Gasteiger partial charge in [0, 0.05) is 29.4 Å². The van der Waals surface area contributed by atoms with E-state index in [1.54, 1.807) is 6.20 Å². The number of benzene rings is 2.